The van der Waals surface area contributed by atoms with Crippen LogP contribution in [-0.2, 0) is 14.3 Å². The Balaban J connectivity index is 2.76. The lowest BCUT2D eigenvalue weighted by atomic mass is 10.0. The Morgan fingerprint density at radius 1 is 1.35 bits per heavy atom. The molecular weight excluding hydrogens is 220 g/mol. The zero-order valence-electron chi connectivity index (χ0n) is 10.9. The first-order valence-electron chi connectivity index (χ1n) is 6.25. The van der Waals surface area contributed by atoms with Gasteiger partial charge in [0, 0.05) is 13.7 Å². The van der Waals surface area contributed by atoms with Crippen LogP contribution in [0.5, 0.6) is 0 Å². The first-order valence-corrected chi connectivity index (χ1v) is 6.25. The van der Waals surface area contributed by atoms with E-state index in [0.717, 1.165) is 6.42 Å². The van der Waals surface area contributed by atoms with Crippen LogP contribution in [0.4, 0.5) is 0 Å². The minimum absolute atomic E-state index is 0.0235. The van der Waals surface area contributed by atoms with E-state index in [-0.39, 0.29) is 23.9 Å². The molecule has 2 unspecified atom stereocenters. The Labute approximate surface area is 102 Å². The largest absolute Gasteiger partial charge is 0.383 e. The highest BCUT2D eigenvalue weighted by molar-refractivity contribution is 5.96. The second-order valence-electron chi connectivity index (χ2n) is 4.30. The molecule has 17 heavy (non-hydrogen) atoms. The molecule has 0 aromatic heterocycles. The van der Waals surface area contributed by atoms with Crippen molar-refractivity contribution in [3.63, 3.8) is 0 Å². The Hall–Kier alpha value is -1.10. The zero-order chi connectivity index (χ0) is 12.8. The number of amides is 2. The maximum absolute atomic E-state index is 12.2. The second-order valence-corrected chi connectivity index (χ2v) is 4.30. The molecule has 1 saturated heterocycles. The highest BCUT2D eigenvalue weighted by Crippen LogP contribution is 2.15. The van der Waals surface area contributed by atoms with Crippen LogP contribution in [0.3, 0.4) is 0 Å². The monoisotopic (exact) mass is 242 g/mol. The highest BCUT2D eigenvalue weighted by atomic mass is 16.5. The van der Waals surface area contributed by atoms with Gasteiger partial charge >= 0.3 is 0 Å². The maximum Gasteiger partial charge on any atom is 0.245 e. The number of nitrogens with one attached hydrogen (secondary N) is 1. The van der Waals surface area contributed by atoms with Crippen molar-refractivity contribution in [1.82, 2.24) is 10.2 Å². The predicted octanol–water partition coefficient (Wildman–Crippen LogP) is 0.539. The van der Waals surface area contributed by atoms with Crippen LogP contribution in [0.25, 0.3) is 0 Å². The summed E-state index contributed by atoms with van der Waals surface area (Å²) in [6, 6.07) is -0.696. The Kier molecular flexibility index (Phi) is 5.41. The molecule has 0 aliphatic carbocycles. The molecule has 0 radical (unpaired) electrons. The van der Waals surface area contributed by atoms with E-state index in [1.165, 1.54) is 0 Å². The fourth-order valence-corrected chi connectivity index (χ4v) is 2.17. The van der Waals surface area contributed by atoms with Gasteiger partial charge in [0.1, 0.15) is 12.1 Å². The lowest BCUT2D eigenvalue weighted by Crippen LogP contribution is -2.63. The van der Waals surface area contributed by atoms with Gasteiger partial charge < -0.3 is 15.0 Å². The van der Waals surface area contributed by atoms with Crippen LogP contribution < -0.4 is 5.32 Å². The van der Waals surface area contributed by atoms with Crippen LogP contribution in [0.1, 0.15) is 33.1 Å². The van der Waals surface area contributed by atoms with E-state index < -0.39 is 0 Å². The highest BCUT2D eigenvalue weighted by Gasteiger charge is 2.38. The van der Waals surface area contributed by atoms with Gasteiger partial charge in [0.25, 0.3) is 0 Å². The molecule has 0 bridgehead atoms. The molecular formula is C12H22N2O3. The van der Waals surface area contributed by atoms with Crippen molar-refractivity contribution in [3.05, 3.63) is 0 Å². The van der Waals surface area contributed by atoms with E-state index in [0.29, 0.717) is 26.0 Å². The van der Waals surface area contributed by atoms with Gasteiger partial charge in [0.2, 0.25) is 11.8 Å². The number of carbonyl (C=O) groups is 2. The topological polar surface area (TPSA) is 58.6 Å². The van der Waals surface area contributed by atoms with Gasteiger partial charge in [-0.1, -0.05) is 20.3 Å². The molecule has 0 aromatic rings. The fourth-order valence-electron chi connectivity index (χ4n) is 2.17. The minimum Gasteiger partial charge on any atom is -0.383 e. The smallest absolute Gasteiger partial charge is 0.245 e. The van der Waals surface area contributed by atoms with Crippen LogP contribution in [0.2, 0.25) is 0 Å². The van der Waals surface area contributed by atoms with Crippen molar-refractivity contribution in [3.8, 4) is 0 Å². The molecule has 1 N–H and O–H groups in total. The van der Waals surface area contributed by atoms with Crippen molar-refractivity contribution in [2.45, 2.75) is 45.2 Å². The summed E-state index contributed by atoms with van der Waals surface area (Å²) in [6.07, 6.45) is 2.22. The predicted molar refractivity (Wildman–Crippen MR) is 64.5 cm³/mol. The molecule has 2 atom stereocenters. The van der Waals surface area contributed by atoms with Crippen LogP contribution in [0, 0.1) is 0 Å². The molecule has 1 aliphatic rings. The van der Waals surface area contributed by atoms with Crippen molar-refractivity contribution < 1.29 is 14.3 Å². The number of nitrogens with zero attached hydrogens (tertiary/aromatic N) is 1. The van der Waals surface area contributed by atoms with Gasteiger partial charge in [0.15, 0.2) is 0 Å². The normalized spacial score (nSPS) is 25.0. The summed E-state index contributed by atoms with van der Waals surface area (Å²) in [5, 5.41) is 2.80. The second kappa shape index (κ2) is 6.59. The van der Waals surface area contributed by atoms with Crippen molar-refractivity contribution in [2.75, 3.05) is 20.3 Å². The third-order valence-electron chi connectivity index (χ3n) is 3.08. The zero-order valence-corrected chi connectivity index (χ0v) is 10.9. The number of hydrogen-bond acceptors (Lipinski definition) is 3. The maximum atomic E-state index is 12.2. The summed E-state index contributed by atoms with van der Waals surface area (Å²) in [6.45, 7) is 4.87. The first-order chi connectivity index (χ1) is 8.15. The summed E-state index contributed by atoms with van der Waals surface area (Å²) in [5.41, 5.74) is 0. The average molecular weight is 242 g/mol. The number of carbonyl (C=O) groups excluding carboxylic acids is 2. The number of methoxy groups -OCH3 is 1. The quantitative estimate of drug-likeness (QED) is 0.739. The van der Waals surface area contributed by atoms with Gasteiger partial charge in [-0.15, -0.1) is 0 Å². The Morgan fingerprint density at radius 3 is 2.59 bits per heavy atom. The van der Waals surface area contributed by atoms with E-state index in [9.17, 15) is 9.59 Å². The Bertz CT molecular complexity index is 281. The van der Waals surface area contributed by atoms with E-state index >= 15 is 0 Å². The first kappa shape index (κ1) is 14.0. The van der Waals surface area contributed by atoms with E-state index in [2.05, 4.69) is 5.32 Å². The van der Waals surface area contributed by atoms with Gasteiger partial charge in [-0.05, 0) is 12.8 Å². The van der Waals surface area contributed by atoms with Gasteiger partial charge in [0.05, 0.1) is 6.61 Å². The molecule has 1 fully saturated rings. The molecule has 0 saturated carbocycles. The van der Waals surface area contributed by atoms with Crippen LogP contribution >= 0.6 is 0 Å². The summed E-state index contributed by atoms with van der Waals surface area (Å²) < 4.78 is 4.99. The van der Waals surface area contributed by atoms with Crippen molar-refractivity contribution >= 4 is 11.8 Å². The van der Waals surface area contributed by atoms with E-state index in [1.807, 2.05) is 13.8 Å². The standard InChI is InChI=1S/C12H22N2O3/c1-4-6-9-12(16)14(7-8-17-3)10(5-2)11(15)13-9/h9-10H,4-8H2,1-3H3,(H,13,15). The summed E-state index contributed by atoms with van der Waals surface area (Å²) in [4.78, 5) is 25.7. The lowest BCUT2D eigenvalue weighted by molar-refractivity contribution is -0.150. The summed E-state index contributed by atoms with van der Waals surface area (Å²) in [7, 11) is 1.60. The molecule has 5 heteroatoms. The minimum atomic E-state index is -0.354. The number of ether oxygens (including phenoxy) is 1. The van der Waals surface area contributed by atoms with Crippen LogP contribution in [0.15, 0.2) is 0 Å². The molecule has 1 aliphatic heterocycles. The van der Waals surface area contributed by atoms with Gasteiger partial charge in [-0.25, -0.2) is 0 Å². The number of rotatable bonds is 6. The number of piperazine rings is 1. The average Bonchev–Trinajstić information content (AvgIpc) is 2.31. The molecule has 0 spiro atoms. The molecule has 1 heterocycles. The van der Waals surface area contributed by atoms with Crippen molar-refractivity contribution in [2.24, 2.45) is 0 Å². The third-order valence-corrected chi connectivity index (χ3v) is 3.08. The van der Waals surface area contributed by atoms with Gasteiger partial charge in [-0.2, -0.15) is 0 Å². The summed E-state index contributed by atoms with van der Waals surface area (Å²) >= 11 is 0. The third kappa shape index (κ3) is 3.19. The lowest BCUT2D eigenvalue weighted by Gasteiger charge is -2.38. The fraction of sp³-hybridized carbons (Fsp3) is 0.833. The van der Waals surface area contributed by atoms with Gasteiger partial charge in [-0.3, -0.25) is 9.59 Å². The van der Waals surface area contributed by atoms with E-state index in [4.69, 9.17) is 4.74 Å². The molecule has 5 nitrogen and oxygen atoms in total. The molecule has 1 rings (SSSR count). The summed E-state index contributed by atoms with van der Waals surface area (Å²) in [5.74, 6) is -0.0167. The van der Waals surface area contributed by atoms with E-state index in [1.54, 1.807) is 12.0 Å². The number of hydrogen-bond donors (Lipinski definition) is 1. The molecule has 2 amide bonds. The van der Waals surface area contributed by atoms with Crippen LogP contribution in [-0.4, -0.2) is 49.1 Å². The molecule has 98 valence electrons. The molecule has 0 aromatic carbocycles. The van der Waals surface area contributed by atoms with Crippen molar-refractivity contribution in [1.29, 1.82) is 0 Å². The SMILES string of the molecule is CCCC1NC(=O)C(CC)N(CCOC)C1=O. The Morgan fingerprint density at radius 2 is 2.06 bits per heavy atom.